The normalized spacial score (nSPS) is 13.0. The molecule has 3 N–H and O–H groups in total. The second-order valence-electron chi connectivity index (χ2n) is 5.22. The average molecular weight is 370 g/mol. The van der Waals surface area contributed by atoms with Gasteiger partial charge in [0.1, 0.15) is 17.3 Å². The van der Waals surface area contributed by atoms with Gasteiger partial charge < -0.3 is 11.1 Å². The molecular weight excluding hydrogens is 355 g/mol. The van der Waals surface area contributed by atoms with E-state index in [1.165, 1.54) is 19.2 Å². The molecule has 138 valence electrons. The van der Waals surface area contributed by atoms with Gasteiger partial charge in [-0.25, -0.2) is 8.78 Å². The number of nitrogens with one attached hydrogen (secondary N) is 1. The molecular formula is C17H15F5N4. The van der Waals surface area contributed by atoms with Gasteiger partial charge in [-0.05, 0) is 23.8 Å². The SMILES string of the molecule is CN=C(/C=C(\N)C(F)(F)F)c1ccc(NCc2c(F)cncc2F)cc1. The molecule has 0 radical (unpaired) electrons. The number of benzene rings is 1. The zero-order valence-corrected chi connectivity index (χ0v) is 13.6. The van der Waals surface area contributed by atoms with E-state index in [4.69, 9.17) is 5.73 Å². The maximum atomic E-state index is 13.5. The Labute approximate surface area is 146 Å². The Balaban J connectivity index is 2.13. The van der Waals surface area contributed by atoms with Crippen LogP contribution in [0.3, 0.4) is 0 Å². The molecule has 9 heteroatoms. The number of alkyl halides is 3. The molecule has 0 saturated carbocycles. The highest BCUT2D eigenvalue weighted by molar-refractivity contribution is 6.09. The maximum absolute atomic E-state index is 13.5. The third-order valence-corrected chi connectivity index (χ3v) is 3.46. The highest BCUT2D eigenvalue weighted by Gasteiger charge is 2.31. The molecule has 2 aromatic rings. The number of nitrogens with two attached hydrogens (primary N) is 1. The van der Waals surface area contributed by atoms with Crippen molar-refractivity contribution in [3.63, 3.8) is 0 Å². The standard InChI is InChI=1S/C17H15F5N4/c1-24-15(6-16(23)17(20,21)22)10-2-4-11(5-3-10)26-7-12-13(18)8-25-9-14(12)19/h2-6,8-9,26H,7,23H2,1H3/b16-6-,24-15?. The number of nitrogens with zero attached hydrogens (tertiary/aromatic N) is 2. The zero-order chi connectivity index (χ0) is 19.3. The summed E-state index contributed by atoms with van der Waals surface area (Å²) in [5, 5.41) is 2.82. The van der Waals surface area contributed by atoms with Crippen LogP contribution in [0.2, 0.25) is 0 Å². The predicted octanol–water partition coefficient (Wildman–Crippen LogP) is 3.80. The molecule has 1 heterocycles. The van der Waals surface area contributed by atoms with Gasteiger partial charge in [-0.3, -0.25) is 9.98 Å². The van der Waals surface area contributed by atoms with Crippen molar-refractivity contribution in [1.29, 1.82) is 0 Å². The van der Waals surface area contributed by atoms with Gasteiger partial charge in [0.2, 0.25) is 0 Å². The number of aliphatic imine (C=N–C) groups is 1. The predicted molar refractivity (Wildman–Crippen MR) is 88.7 cm³/mol. The second-order valence-corrected chi connectivity index (χ2v) is 5.22. The quantitative estimate of drug-likeness (QED) is 0.622. The summed E-state index contributed by atoms with van der Waals surface area (Å²) in [6, 6.07) is 6.14. The van der Waals surface area contributed by atoms with Crippen molar-refractivity contribution in [2.45, 2.75) is 12.7 Å². The van der Waals surface area contributed by atoms with Crippen molar-refractivity contribution in [1.82, 2.24) is 4.98 Å². The minimum Gasteiger partial charge on any atom is -0.395 e. The fraction of sp³-hybridized carbons (Fsp3) is 0.176. The summed E-state index contributed by atoms with van der Waals surface area (Å²) in [6.45, 7) is -0.116. The Morgan fingerprint density at radius 2 is 1.73 bits per heavy atom. The van der Waals surface area contributed by atoms with Crippen molar-refractivity contribution in [2.24, 2.45) is 10.7 Å². The summed E-state index contributed by atoms with van der Waals surface area (Å²) in [6.07, 6.45) is -2.09. The number of rotatable bonds is 5. The largest absolute Gasteiger partial charge is 0.430 e. The van der Waals surface area contributed by atoms with Gasteiger partial charge in [0.15, 0.2) is 0 Å². The number of aromatic nitrogens is 1. The van der Waals surface area contributed by atoms with Crippen LogP contribution in [-0.4, -0.2) is 23.9 Å². The molecule has 26 heavy (non-hydrogen) atoms. The lowest BCUT2D eigenvalue weighted by Crippen LogP contribution is -2.20. The molecule has 0 amide bonds. The van der Waals surface area contributed by atoms with E-state index in [9.17, 15) is 22.0 Å². The van der Waals surface area contributed by atoms with E-state index in [2.05, 4.69) is 15.3 Å². The van der Waals surface area contributed by atoms with Gasteiger partial charge >= 0.3 is 6.18 Å². The van der Waals surface area contributed by atoms with Crippen LogP contribution in [0.15, 0.2) is 53.4 Å². The van der Waals surface area contributed by atoms with E-state index in [-0.39, 0.29) is 17.8 Å². The first-order chi connectivity index (χ1) is 12.2. The minimum atomic E-state index is -4.64. The van der Waals surface area contributed by atoms with Crippen molar-refractivity contribution in [2.75, 3.05) is 12.4 Å². The van der Waals surface area contributed by atoms with E-state index in [1.54, 1.807) is 12.1 Å². The van der Waals surface area contributed by atoms with E-state index in [1.807, 2.05) is 0 Å². The highest BCUT2D eigenvalue weighted by atomic mass is 19.4. The summed E-state index contributed by atoms with van der Waals surface area (Å²) < 4.78 is 64.6. The van der Waals surface area contributed by atoms with Crippen molar-refractivity contribution in [3.8, 4) is 0 Å². The molecule has 0 saturated heterocycles. The minimum absolute atomic E-state index is 0.0533. The molecule has 1 aromatic heterocycles. The molecule has 0 aliphatic heterocycles. The Bertz CT molecular complexity index is 806. The van der Waals surface area contributed by atoms with Crippen LogP contribution in [0.1, 0.15) is 11.1 Å². The van der Waals surface area contributed by atoms with Crippen LogP contribution in [0.4, 0.5) is 27.6 Å². The molecule has 0 bridgehead atoms. The molecule has 0 atom stereocenters. The number of anilines is 1. The van der Waals surface area contributed by atoms with Gasteiger partial charge in [-0.1, -0.05) is 12.1 Å². The molecule has 0 spiro atoms. The van der Waals surface area contributed by atoms with E-state index in [0.717, 1.165) is 18.5 Å². The summed E-state index contributed by atoms with van der Waals surface area (Å²) in [5.74, 6) is -1.55. The summed E-state index contributed by atoms with van der Waals surface area (Å²) in [7, 11) is 1.34. The fourth-order valence-corrected chi connectivity index (χ4v) is 2.06. The van der Waals surface area contributed by atoms with Gasteiger partial charge in [0, 0.05) is 24.8 Å². The van der Waals surface area contributed by atoms with Crippen molar-refractivity contribution >= 4 is 11.4 Å². The van der Waals surface area contributed by atoms with Crippen LogP contribution in [0.5, 0.6) is 0 Å². The number of hydrogen-bond acceptors (Lipinski definition) is 4. The van der Waals surface area contributed by atoms with Gasteiger partial charge in [0.05, 0.1) is 18.1 Å². The average Bonchev–Trinajstić information content (AvgIpc) is 2.59. The van der Waals surface area contributed by atoms with Gasteiger partial charge in [-0.15, -0.1) is 0 Å². The number of allylic oxidation sites excluding steroid dienone is 2. The Morgan fingerprint density at radius 1 is 1.15 bits per heavy atom. The lowest BCUT2D eigenvalue weighted by Gasteiger charge is -2.10. The van der Waals surface area contributed by atoms with Crippen molar-refractivity contribution < 1.29 is 22.0 Å². The third kappa shape index (κ3) is 4.78. The molecule has 0 aliphatic rings. The van der Waals surface area contributed by atoms with Gasteiger partial charge in [0.25, 0.3) is 0 Å². The van der Waals surface area contributed by atoms with Gasteiger partial charge in [-0.2, -0.15) is 13.2 Å². The molecule has 1 aromatic carbocycles. The van der Waals surface area contributed by atoms with Crippen LogP contribution < -0.4 is 11.1 Å². The number of hydrogen-bond donors (Lipinski definition) is 2. The third-order valence-electron chi connectivity index (χ3n) is 3.46. The van der Waals surface area contributed by atoms with Crippen molar-refractivity contribution in [3.05, 3.63) is 71.2 Å². The highest BCUT2D eigenvalue weighted by Crippen LogP contribution is 2.22. The molecule has 2 rings (SSSR count). The summed E-state index contributed by atoms with van der Waals surface area (Å²) in [5.41, 5.74) is 4.56. The number of halogens is 5. The van der Waals surface area contributed by atoms with Crippen LogP contribution in [-0.2, 0) is 6.54 Å². The molecule has 0 aliphatic carbocycles. The lowest BCUT2D eigenvalue weighted by atomic mass is 10.1. The Hall–Kier alpha value is -2.97. The zero-order valence-electron chi connectivity index (χ0n) is 13.6. The van der Waals surface area contributed by atoms with E-state index < -0.39 is 23.5 Å². The van der Waals surface area contributed by atoms with E-state index in [0.29, 0.717) is 11.3 Å². The van der Waals surface area contributed by atoms with E-state index >= 15 is 0 Å². The second kappa shape index (κ2) is 7.94. The summed E-state index contributed by atoms with van der Waals surface area (Å²) >= 11 is 0. The van der Waals surface area contributed by atoms with Crippen LogP contribution in [0, 0.1) is 11.6 Å². The molecule has 4 nitrogen and oxygen atoms in total. The molecule has 0 fully saturated rings. The fourth-order valence-electron chi connectivity index (χ4n) is 2.06. The Kier molecular flexibility index (Phi) is 5.91. The van der Waals surface area contributed by atoms with Crippen LogP contribution >= 0.6 is 0 Å². The molecule has 0 unspecified atom stereocenters. The Morgan fingerprint density at radius 3 is 2.23 bits per heavy atom. The first-order valence-corrected chi connectivity index (χ1v) is 7.35. The first kappa shape index (κ1) is 19.4. The lowest BCUT2D eigenvalue weighted by molar-refractivity contribution is -0.0925. The van der Waals surface area contributed by atoms with Crippen LogP contribution in [0.25, 0.3) is 0 Å². The topological polar surface area (TPSA) is 63.3 Å². The monoisotopic (exact) mass is 370 g/mol. The summed E-state index contributed by atoms with van der Waals surface area (Å²) in [4.78, 5) is 7.19. The smallest absolute Gasteiger partial charge is 0.395 e. The number of pyridine rings is 1. The first-order valence-electron chi connectivity index (χ1n) is 7.35. The maximum Gasteiger partial charge on any atom is 0.430 e.